The molecule has 0 bridgehead atoms. The van der Waals surface area contributed by atoms with Crippen LogP contribution in [0.25, 0.3) is 0 Å². The van der Waals surface area contributed by atoms with Gasteiger partial charge in [0.25, 0.3) is 10.1 Å². The van der Waals surface area contributed by atoms with Crippen molar-refractivity contribution in [2.24, 2.45) is 0 Å². The summed E-state index contributed by atoms with van der Waals surface area (Å²) in [6.07, 6.45) is -0.502. The first kappa shape index (κ1) is 13.0. The van der Waals surface area contributed by atoms with Gasteiger partial charge in [-0.1, -0.05) is 18.2 Å². The largest absolute Gasteiger partial charge is 0.480 e. The Morgan fingerprint density at radius 3 is 2.56 bits per heavy atom. The smallest absolute Gasteiger partial charge is 0.320 e. The van der Waals surface area contributed by atoms with Crippen LogP contribution < -0.4 is 5.32 Å². The van der Waals surface area contributed by atoms with E-state index in [1.807, 2.05) is 0 Å². The predicted molar refractivity (Wildman–Crippen MR) is 62.5 cm³/mol. The van der Waals surface area contributed by atoms with Gasteiger partial charge in [-0.05, 0) is 12.1 Å². The van der Waals surface area contributed by atoms with Crippen molar-refractivity contribution < 1.29 is 22.5 Å². The summed E-state index contributed by atoms with van der Waals surface area (Å²) >= 11 is 0. The molecule has 1 aromatic carbocycles. The van der Waals surface area contributed by atoms with Crippen LogP contribution in [0.1, 0.15) is 6.42 Å². The molecule has 98 valence electrons. The zero-order valence-electron chi connectivity index (χ0n) is 9.44. The second kappa shape index (κ2) is 5.05. The molecule has 1 saturated heterocycles. The van der Waals surface area contributed by atoms with Crippen LogP contribution in [0.2, 0.25) is 0 Å². The Morgan fingerprint density at radius 1 is 1.33 bits per heavy atom. The minimum Gasteiger partial charge on any atom is -0.480 e. The number of aliphatic carboxylic acids is 1. The molecule has 0 amide bonds. The van der Waals surface area contributed by atoms with E-state index < -0.39 is 28.2 Å². The average Bonchev–Trinajstić information content (AvgIpc) is 2.78. The number of nitrogens with one attached hydrogen (secondary N) is 1. The Balaban J connectivity index is 2.05. The lowest BCUT2D eigenvalue weighted by Gasteiger charge is -2.10. The van der Waals surface area contributed by atoms with Crippen LogP contribution in [-0.4, -0.2) is 38.2 Å². The molecule has 1 fully saturated rings. The molecule has 1 heterocycles. The summed E-state index contributed by atoms with van der Waals surface area (Å²) in [7, 11) is -3.83. The highest BCUT2D eigenvalue weighted by atomic mass is 32.2. The van der Waals surface area contributed by atoms with E-state index in [2.05, 4.69) is 5.32 Å². The summed E-state index contributed by atoms with van der Waals surface area (Å²) < 4.78 is 28.7. The second-order valence-corrected chi connectivity index (χ2v) is 5.59. The van der Waals surface area contributed by atoms with Crippen molar-refractivity contribution in [3.8, 4) is 0 Å². The van der Waals surface area contributed by atoms with Crippen LogP contribution in [0.4, 0.5) is 0 Å². The highest BCUT2D eigenvalue weighted by Gasteiger charge is 2.33. The van der Waals surface area contributed by atoms with Gasteiger partial charge in [-0.25, -0.2) is 0 Å². The molecule has 0 radical (unpaired) electrons. The monoisotopic (exact) mass is 271 g/mol. The summed E-state index contributed by atoms with van der Waals surface area (Å²) in [5.41, 5.74) is 0. The Morgan fingerprint density at radius 2 is 2.00 bits per heavy atom. The molecule has 6 nitrogen and oxygen atoms in total. The molecule has 2 atom stereocenters. The predicted octanol–water partition coefficient (Wildman–Crippen LogP) is 0.207. The number of benzene rings is 1. The van der Waals surface area contributed by atoms with E-state index in [-0.39, 0.29) is 17.9 Å². The first-order chi connectivity index (χ1) is 8.49. The molecule has 1 aliphatic heterocycles. The van der Waals surface area contributed by atoms with Gasteiger partial charge in [0.1, 0.15) is 6.04 Å². The average molecular weight is 271 g/mol. The van der Waals surface area contributed by atoms with E-state index in [4.69, 9.17) is 9.29 Å². The topological polar surface area (TPSA) is 92.7 Å². The minimum atomic E-state index is -3.83. The van der Waals surface area contributed by atoms with Gasteiger partial charge < -0.3 is 10.4 Å². The normalized spacial score (nSPS) is 24.0. The summed E-state index contributed by atoms with van der Waals surface area (Å²) in [6, 6.07) is 7.03. The molecule has 1 unspecified atom stereocenters. The zero-order chi connectivity index (χ0) is 13.2. The molecule has 18 heavy (non-hydrogen) atoms. The van der Waals surface area contributed by atoms with Gasteiger partial charge >= 0.3 is 5.97 Å². The van der Waals surface area contributed by atoms with Crippen molar-refractivity contribution in [1.29, 1.82) is 0 Å². The maximum absolute atomic E-state index is 11.9. The number of hydrogen-bond donors (Lipinski definition) is 2. The van der Waals surface area contributed by atoms with Crippen LogP contribution in [0.5, 0.6) is 0 Å². The van der Waals surface area contributed by atoms with E-state index in [1.54, 1.807) is 18.2 Å². The van der Waals surface area contributed by atoms with Crippen molar-refractivity contribution in [3.05, 3.63) is 30.3 Å². The van der Waals surface area contributed by atoms with Crippen LogP contribution in [0.15, 0.2) is 35.2 Å². The van der Waals surface area contributed by atoms with Crippen molar-refractivity contribution in [1.82, 2.24) is 5.32 Å². The van der Waals surface area contributed by atoms with Gasteiger partial charge in [-0.15, -0.1) is 0 Å². The lowest BCUT2D eigenvalue weighted by atomic mass is 10.2. The third-order valence-electron chi connectivity index (χ3n) is 2.68. The standard InChI is InChI=1S/C11H13NO5S/c13-11(14)10-6-8(7-12-10)17-18(15,16)9-4-2-1-3-5-9/h1-5,8,10,12H,6-7H2,(H,13,14)/t8?,10-/m0/s1. The molecule has 0 spiro atoms. The highest BCUT2D eigenvalue weighted by molar-refractivity contribution is 7.86. The zero-order valence-corrected chi connectivity index (χ0v) is 10.3. The van der Waals surface area contributed by atoms with Gasteiger partial charge in [0.05, 0.1) is 11.0 Å². The van der Waals surface area contributed by atoms with Crippen LogP contribution >= 0.6 is 0 Å². The number of carboxylic acids is 1. The van der Waals surface area contributed by atoms with Crippen LogP contribution in [0.3, 0.4) is 0 Å². The Bertz CT molecular complexity index is 528. The van der Waals surface area contributed by atoms with Gasteiger partial charge in [-0.2, -0.15) is 8.42 Å². The van der Waals surface area contributed by atoms with Crippen molar-refractivity contribution in [2.45, 2.75) is 23.5 Å². The molecule has 7 heteroatoms. The third-order valence-corrected chi connectivity index (χ3v) is 4.06. The summed E-state index contributed by atoms with van der Waals surface area (Å²) in [5, 5.41) is 11.5. The fraction of sp³-hybridized carbons (Fsp3) is 0.364. The number of carbonyl (C=O) groups is 1. The maximum Gasteiger partial charge on any atom is 0.320 e. The minimum absolute atomic E-state index is 0.0729. The van der Waals surface area contributed by atoms with E-state index >= 15 is 0 Å². The van der Waals surface area contributed by atoms with E-state index in [1.165, 1.54) is 12.1 Å². The van der Waals surface area contributed by atoms with Crippen molar-refractivity contribution >= 4 is 16.1 Å². The van der Waals surface area contributed by atoms with E-state index in [0.29, 0.717) is 0 Å². The summed E-state index contributed by atoms with van der Waals surface area (Å²) in [6.45, 7) is 0.211. The first-order valence-corrected chi connectivity index (χ1v) is 6.84. The lowest BCUT2D eigenvalue weighted by Crippen LogP contribution is -2.30. The first-order valence-electron chi connectivity index (χ1n) is 5.43. The van der Waals surface area contributed by atoms with Gasteiger partial charge in [0, 0.05) is 13.0 Å². The second-order valence-electron chi connectivity index (χ2n) is 4.02. The molecule has 0 saturated carbocycles. The Hall–Kier alpha value is -1.44. The SMILES string of the molecule is O=C(O)[C@@H]1CC(OS(=O)(=O)c2ccccc2)CN1. The quantitative estimate of drug-likeness (QED) is 0.760. The molecule has 0 aliphatic carbocycles. The van der Waals surface area contributed by atoms with Crippen LogP contribution in [0, 0.1) is 0 Å². The van der Waals surface area contributed by atoms with E-state index in [9.17, 15) is 13.2 Å². The molecule has 1 aromatic rings. The number of carboxylic acid groups (broad SMARTS) is 1. The molecule has 2 rings (SSSR count). The molecule has 2 N–H and O–H groups in total. The highest BCUT2D eigenvalue weighted by Crippen LogP contribution is 2.18. The summed E-state index contributed by atoms with van der Waals surface area (Å²) in [4.78, 5) is 10.8. The number of hydrogen-bond acceptors (Lipinski definition) is 5. The maximum atomic E-state index is 11.9. The van der Waals surface area contributed by atoms with Crippen molar-refractivity contribution in [2.75, 3.05) is 6.54 Å². The van der Waals surface area contributed by atoms with Gasteiger partial charge in [0.15, 0.2) is 0 Å². The fourth-order valence-corrected chi connectivity index (χ4v) is 2.89. The summed E-state index contributed by atoms with van der Waals surface area (Å²) in [5.74, 6) is -1.00. The van der Waals surface area contributed by atoms with E-state index in [0.717, 1.165) is 0 Å². The Kier molecular flexibility index (Phi) is 3.65. The molecular weight excluding hydrogens is 258 g/mol. The van der Waals surface area contributed by atoms with Gasteiger partial charge in [0.2, 0.25) is 0 Å². The lowest BCUT2D eigenvalue weighted by molar-refractivity contribution is -0.139. The third kappa shape index (κ3) is 2.87. The van der Waals surface area contributed by atoms with Crippen molar-refractivity contribution in [3.63, 3.8) is 0 Å². The molecule has 1 aliphatic rings. The van der Waals surface area contributed by atoms with Gasteiger partial charge in [-0.3, -0.25) is 8.98 Å². The fourth-order valence-electron chi connectivity index (χ4n) is 1.79. The Labute approximate surface area is 105 Å². The molecule has 0 aromatic heterocycles. The van der Waals surface area contributed by atoms with Crippen LogP contribution in [-0.2, 0) is 19.1 Å². The number of rotatable bonds is 4. The molecular formula is C11H13NO5S.